The molecule has 8 heteroatoms. The number of fused-ring (bicyclic) bond motifs is 1. The normalized spacial score (nSPS) is 15.8. The largest absolute Gasteiger partial charge is 0.573 e. The summed E-state index contributed by atoms with van der Waals surface area (Å²) in [6.07, 6.45) is -4.24. The van der Waals surface area contributed by atoms with Crippen LogP contribution in [0, 0.1) is 11.3 Å². The summed E-state index contributed by atoms with van der Waals surface area (Å²) in [5.74, 6) is -0.794. The molecule has 0 aliphatic heterocycles. The number of carbonyl (C=O) groups excluding carboxylic acids is 1. The fraction of sp³-hybridized carbons (Fsp3) is 0.174. The summed E-state index contributed by atoms with van der Waals surface area (Å²) in [4.78, 5) is 25.8. The molecule has 0 bridgehead atoms. The maximum absolute atomic E-state index is 13.0. The van der Waals surface area contributed by atoms with E-state index in [9.17, 15) is 28.0 Å². The Kier molecular flexibility index (Phi) is 5.11. The third-order valence-electron chi connectivity index (χ3n) is 5.19. The highest BCUT2D eigenvalue weighted by atomic mass is 19.4. The van der Waals surface area contributed by atoms with E-state index in [-0.39, 0.29) is 34.9 Å². The number of ketones is 1. The van der Waals surface area contributed by atoms with Crippen LogP contribution in [-0.2, 0) is 6.42 Å². The molecule has 2 aromatic carbocycles. The summed E-state index contributed by atoms with van der Waals surface area (Å²) in [7, 11) is 0. The molecule has 5 nitrogen and oxygen atoms in total. The lowest BCUT2D eigenvalue weighted by Gasteiger charge is -2.27. The molecule has 1 aliphatic carbocycles. The zero-order valence-corrected chi connectivity index (χ0v) is 16.0. The molecular formula is C23H15F3N2O3. The van der Waals surface area contributed by atoms with Gasteiger partial charge in [0.1, 0.15) is 17.4 Å². The van der Waals surface area contributed by atoms with Crippen LogP contribution in [0.4, 0.5) is 13.2 Å². The molecule has 0 fully saturated rings. The van der Waals surface area contributed by atoms with Gasteiger partial charge in [0.05, 0.1) is 0 Å². The average Bonchev–Trinajstić information content (AvgIpc) is 2.74. The molecule has 1 heterocycles. The van der Waals surface area contributed by atoms with Gasteiger partial charge < -0.3 is 4.74 Å². The van der Waals surface area contributed by atoms with Gasteiger partial charge in [0.25, 0.3) is 5.56 Å². The first kappa shape index (κ1) is 20.4. The van der Waals surface area contributed by atoms with E-state index in [0.29, 0.717) is 12.1 Å². The minimum atomic E-state index is -4.84. The number of nitrogens with zero attached hydrogens (tertiary/aromatic N) is 2. The molecule has 0 saturated heterocycles. The number of Topliss-reactive ketones (excluding diaryl/α,β-unsaturated/α-hetero) is 1. The van der Waals surface area contributed by atoms with E-state index in [1.54, 1.807) is 6.07 Å². The molecule has 1 aliphatic rings. The molecule has 31 heavy (non-hydrogen) atoms. The van der Waals surface area contributed by atoms with Crippen LogP contribution in [0.25, 0.3) is 5.69 Å². The number of hydrogen-bond acceptors (Lipinski definition) is 4. The van der Waals surface area contributed by atoms with Crippen LogP contribution in [0.15, 0.2) is 65.5 Å². The van der Waals surface area contributed by atoms with Gasteiger partial charge in [-0.3, -0.25) is 14.2 Å². The van der Waals surface area contributed by atoms with Gasteiger partial charge in [0, 0.05) is 23.4 Å². The Bertz CT molecular complexity index is 1240. The predicted molar refractivity (Wildman–Crippen MR) is 105 cm³/mol. The van der Waals surface area contributed by atoms with Crippen LogP contribution in [-0.4, -0.2) is 16.7 Å². The monoisotopic (exact) mass is 424 g/mol. The van der Waals surface area contributed by atoms with Gasteiger partial charge in [-0.1, -0.05) is 30.3 Å². The molecule has 0 saturated carbocycles. The lowest BCUT2D eigenvalue weighted by Crippen LogP contribution is -2.31. The molecule has 1 unspecified atom stereocenters. The Morgan fingerprint density at radius 2 is 1.68 bits per heavy atom. The van der Waals surface area contributed by atoms with Crippen LogP contribution in [0.3, 0.4) is 0 Å². The van der Waals surface area contributed by atoms with Crippen molar-refractivity contribution in [1.29, 1.82) is 5.26 Å². The highest BCUT2D eigenvalue weighted by Crippen LogP contribution is 2.34. The SMILES string of the molecule is N#Cc1cc2c(n(-c3ccc(OC(F)(F)F)cc3)c1=O)CC(c1ccccc1)CC2=O. The predicted octanol–water partition coefficient (Wildman–Crippen LogP) is 4.52. The molecular weight excluding hydrogens is 409 g/mol. The number of hydrogen-bond donors (Lipinski definition) is 0. The van der Waals surface area contributed by atoms with Crippen molar-refractivity contribution in [1.82, 2.24) is 4.57 Å². The maximum Gasteiger partial charge on any atom is 0.573 e. The second-order valence-corrected chi connectivity index (χ2v) is 7.15. The van der Waals surface area contributed by atoms with Gasteiger partial charge in [-0.2, -0.15) is 5.26 Å². The summed E-state index contributed by atoms with van der Waals surface area (Å²) < 4.78 is 42.5. The van der Waals surface area contributed by atoms with E-state index >= 15 is 0 Å². The minimum absolute atomic E-state index is 0.160. The molecule has 0 amide bonds. The summed E-state index contributed by atoms with van der Waals surface area (Å²) >= 11 is 0. The van der Waals surface area contributed by atoms with Crippen molar-refractivity contribution >= 4 is 5.78 Å². The minimum Gasteiger partial charge on any atom is -0.406 e. The van der Waals surface area contributed by atoms with Gasteiger partial charge in [0.2, 0.25) is 0 Å². The highest BCUT2D eigenvalue weighted by molar-refractivity contribution is 5.99. The van der Waals surface area contributed by atoms with Gasteiger partial charge in [-0.05, 0) is 48.2 Å². The van der Waals surface area contributed by atoms with E-state index < -0.39 is 17.7 Å². The van der Waals surface area contributed by atoms with Gasteiger partial charge in [-0.15, -0.1) is 13.2 Å². The maximum atomic E-state index is 13.0. The van der Waals surface area contributed by atoms with E-state index in [2.05, 4.69) is 4.74 Å². The number of rotatable bonds is 3. The Balaban J connectivity index is 1.84. The fourth-order valence-corrected chi connectivity index (χ4v) is 3.85. The molecule has 3 aromatic rings. The van der Waals surface area contributed by atoms with Gasteiger partial charge in [0.15, 0.2) is 5.78 Å². The zero-order chi connectivity index (χ0) is 22.2. The first-order valence-electron chi connectivity index (χ1n) is 9.40. The summed E-state index contributed by atoms with van der Waals surface area (Å²) in [5, 5.41) is 9.36. The Labute approximate surface area is 174 Å². The summed E-state index contributed by atoms with van der Waals surface area (Å²) in [6.45, 7) is 0. The number of halogens is 3. The zero-order valence-electron chi connectivity index (χ0n) is 16.0. The number of nitriles is 1. The van der Waals surface area contributed by atoms with E-state index in [1.807, 2.05) is 30.3 Å². The van der Waals surface area contributed by atoms with E-state index in [4.69, 9.17) is 0 Å². The molecule has 1 aromatic heterocycles. The molecule has 4 rings (SSSR count). The average molecular weight is 424 g/mol. The van der Waals surface area contributed by atoms with Crippen LogP contribution < -0.4 is 10.3 Å². The highest BCUT2D eigenvalue weighted by Gasteiger charge is 2.32. The smallest absolute Gasteiger partial charge is 0.406 e. The van der Waals surface area contributed by atoms with Crippen molar-refractivity contribution in [3.63, 3.8) is 0 Å². The number of carbonyl (C=O) groups is 1. The van der Waals surface area contributed by atoms with Crippen LogP contribution >= 0.6 is 0 Å². The summed E-state index contributed by atoms with van der Waals surface area (Å²) in [5.41, 5.74) is 1.05. The van der Waals surface area contributed by atoms with Crippen molar-refractivity contribution in [2.45, 2.75) is 25.1 Å². The van der Waals surface area contributed by atoms with Crippen LogP contribution in [0.1, 0.15) is 39.5 Å². The van der Waals surface area contributed by atoms with Crippen molar-refractivity contribution in [2.24, 2.45) is 0 Å². The fourth-order valence-electron chi connectivity index (χ4n) is 3.85. The quantitative estimate of drug-likeness (QED) is 0.620. The van der Waals surface area contributed by atoms with E-state index in [1.165, 1.54) is 22.8 Å². The second-order valence-electron chi connectivity index (χ2n) is 7.15. The number of ether oxygens (including phenoxy) is 1. The lowest BCUT2D eigenvalue weighted by molar-refractivity contribution is -0.274. The number of alkyl halides is 3. The second kappa shape index (κ2) is 7.76. The summed E-state index contributed by atoms with van der Waals surface area (Å²) in [6, 6.07) is 17.2. The first-order chi connectivity index (χ1) is 14.8. The lowest BCUT2D eigenvalue weighted by atomic mass is 9.81. The van der Waals surface area contributed by atoms with Crippen molar-refractivity contribution in [2.75, 3.05) is 0 Å². The van der Waals surface area contributed by atoms with Gasteiger partial charge >= 0.3 is 6.36 Å². The number of aromatic nitrogens is 1. The third-order valence-corrected chi connectivity index (χ3v) is 5.19. The Hall–Kier alpha value is -3.86. The molecule has 0 N–H and O–H groups in total. The molecule has 0 radical (unpaired) electrons. The van der Waals surface area contributed by atoms with Crippen molar-refractivity contribution < 1.29 is 22.7 Å². The van der Waals surface area contributed by atoms with E-state index in [0.717, 1.165) is 17.7 Å². The molecule has 1 atom stereocenters. The Morgan fingerprint density at radius 1 is 1.00 bits per heavy atom. The molecule has 156 valence electrons. The van der Waals surface area contributed by atoms with Crippen molar-refractivity contribution in [3.8, 4) is 17.5 Å². The topological polar surface area (TPSA) is 72.1 Å². The third kappa shape index (κ3) is 4.08. The first-order valence-corrected chi connectivity index (χ1v) is 9.40. The van der Waals surface area contributed by atoms with Crippen molar-refractivity contribution in [3.05, 3.63) is 93.4 Å². The van der Waals surface area contributed by atoms with Crippen LogP contribution in [0.5, 0.6) is 5.75 Å². The molecule has 0 spiro atoms. The number of pyridine rings is 1. The number of benzene rings is 2. The van der Waals surface area contributed by atoms with Crippen LogP contribution in [0.2, 0.25) is 0 Å². The van der Waals surface area contributed by atoms with Gasteiger partial charge in [-0.25, -0.2) is 0 Å². The standard InChI is InChI=1S/C23H15F3N2O3/c24-23(25,26)31-18-8-6-17(7-9-18)28-20-11-15(14-4-2-1-3-5-14)12-21(29)19(20)10-16(13-27)22(28)30/h1-10,15H,11-12H2. The Morgan fingerprint density at radius 3 is 2.29 bits per heavy atom.